The minimum absolute atomic E-state index is 0.0394. The van der Waals surface area contributed by atoms with E-state index in [1.807, 2.05) is 5.32 Å². The molecule has 15 heavy (non-hydrogen) atoms. The molecule has 3 nitrogen and oxygen atoms in total. The van der Waals surface area contributed by atoms with E-state index in [2.05, 4.69) is 5.32 Å². The van der Waals surface area contributed by atoms with E-state index in [0.29, 0.717) is 13.1 Å². The monoisotopic (exact) mass is 228 g/mol. The average molecular weight is 228 g/mol. The van der Waals surface area contributed by atoms with Gasteiger partial charge in [0.1, 0.15) is 0 Å². The van der Waals surface area contributed by atoms with Crippen LogP contribution in [-0.2, 0) is 4.79 Å². The molecule has 0 saturated carbocycles. The van der Waals surface area contributed by atoms with Gasteiger partial charge in [0.15, 0.2) is 0 Å². The first-order valence-electron chi connectivity index (χ1n) is 4.53. The van der Waals surface area contributed by atoms with Crippen molar-refractivity contribution in [2.45, 2.75) is 25.3 Å². The summed E-state index contributed by atoms with van der Waals surface area (Å²) in [7, 11) is 0. The fraction of sp³-hybridized carbons (Fsp3) is 0.875. The maximum atomic E-state index is 12.5. The van der Waals surface area contributed by atoms with Crippen molar-refractivity contribution in [3.05, 3.63) is 0 Å². The normalized spacial score (nSPS) is 27.1. The number of amides is 1. The molecule has 2 unspecified atom stereocenters. The third-order valence-corrected chi connectivity index (χ3v) is 2.41. The second-order valence-electron chi connectivity index (χ2n) is 3.64. The second-order valence-corrected chi connectivity index (χ2v) is 3.64. The quantitative estimate of drug-likeness (QED) is 0.695. The van der Waals surface area contributed by atoms with Crippen LogP contribution in [0.5, 0.6) is 0 Å². The van der Waals surface area contributed by atoms with Crippen LogP contribution in [0.1, 0.15) is 6.92 Å². The fourth-order valence-corrected chi connectivity index (χ4v) is 1.37. The molecule has 0 aromatic rings. The van der Waals surface area contributed by atoms with Gasteiger partial charge in [-0.2, -0.15) is 8.78 Å². The van der Waals surface area contributed by atoms with E-state index in [9.17, 15) is 22.4 Å². The molecule has 1 aliphatic rings. The molecule has 2 N–H and O–H groups in total. The minimum Gasteiger partial charge on any atom is -0.346 e. The predicted molar refractivity (Wildman–Crippen MR) is 44.9 cm³/mol. The first-order valence-corrected chi connectivity index (χ1v) is 4.53. The van der Waals surface area contributed by atoms with Gasteiger partial charge in [0.2, 0.25) is 0 Å². The predicted octanol–water partition coefficient (Wildman–Crippen LogP) is 0.611. The Morgan fingerprint density at radius 3 is 2.47 bits per heavy atom. The molecule has 0 bridgehead atoms. The second kappa shape index (κ2) is 4.34. The maximum Gasteiger partial charge on any atom is 0.383 e. The zero-order valence-corrected chi connectivity index (χ0v) is 8.07. The van der Waals surface area contributed by atoms with E-state index >= 15 is 0 Å². The molecular weight excluding hydrogens is 216 g/mol. The summed E-state index contributed by atoms with van der Waals surface area (Å²) < 4.78 is 48.7. The average Bonchev–Trinajstić information content (AvgIpc) is 2.51. The van der Waals surface area contributed by atoms with Crippen molar-refractivity contribution in [2.75, 3.05) is 13.1 Å². The molecule has 0 aromatic carbocycles. The summed E-state index contributed by atoms with van der Waals surface area (Å²) >= 11 is 0. The first-order chi connectivity index (χ1) is 6.85. The molecule has 1 heterocycles. The highest BCUT2D eigenvalue weighted by Gasteiger charge is 2.49. The third-order valence-electron chi connectivity index (χ3n) is 2.41. The summed E-state index contributed by atoms with van der Waals surface area (Å²) in [5.41, 5.74) is 0. The van der Waals surface area contributed by atoms with Gasteiger partial charge in [-0.25, -0.2) is 8.78 Å². The molecule has 1 amide bonds. The van der Waals surface area contributed by atoms with Gasteiger partial charge in [-0.1, -0.05) is 6.92 Å². The molecule has 1 fully saturated rings. The zero-order valence-electron chi connectivity index (χ0n) is 8.07. The van der Waals surface area contributed by atoms with Crippen LogP contribution in [0.3, 0.4) is 0 Å². The van der Waals surface area contributed by atoms with Gasteiger partial charge >= 0.3 is 12.3 Å². The lowest BCUT2D eigenvalue weighted by Crippen LogP contribution is -2.50. The van der Waals surface area contributed by atoms with Crippen LogP contribution in [0.2, 0.25) is 0 Å². The molecule has 88 valence electrons. The Hall–Kier alpha value is -0.850. The number of hydrogen-bond acceptors (Lipinski definition) is 2. The Labute approximate surface area is 84.2 Å². The van der Waals surface area contributed by atoms with E-state index in [1.54, 1.807) is 6.92 Å². The van der Waals surface area contributed by atoms with Crippen LogP contribution in [0, 0.1) is 5.92 Å². The van der Waals surface area contributed by atoms with Crippen molar-refractivity contribution < 1.29 is 22.4 Å². The van der Waals surface area contributed by atoms with Crippen molar-refractivity contribution in [3.8, 4) is 0 Å². The highest BCUT2D eigenvalue weighted by atomic mass is 19.3. The van der Waals surface area contributed by atoms with Crippen molar-refractivity contribution in [2.24, 2.45) is 5.92 Å². The number of alkyl halides is 4. The molecule has 0 aromatic heterocycles. The molecule has 1 aliphatic heterocycles. The summed E-state index contributed by atoms with van der Waals surface area (Å²) in [4.78, 5) is 10.8. The van der Waals surface area contributed by atoms with E-state index in [0.717, 1.165) is 0 Å². The maximum absolute atomic E-state index is 12.5. The summed E-state index contributed by atoms with van der Waals surface area (Å²) in [6, 6.07) is -0.512. The molecule has 2 atom stereocenters. The number of nitrogens with one attached hydrogen (secondary N) is 2. The van der Waals surface area contributed by atoms with Gasteiger partial charge in [-0.15, -0.1) is 0 Å². The number of carbonyl (C=O) groups excluding carboxylic acids is 1. The van der Waals surface area contributed by atoms with Crippen molar-refractivity contribution in [1.82, 2.24) is 10.6 Å². The third kappa shape index (κ3) is 2.58. The first kappa shape index (κ1) is 12.2. The summed E-state index contributed by atoms with van der Waals surface area (Å²) in [6.07, 6.45) is -3.97. The molecule has 1 rings (SSSR count). The van der Waals surface area contributed by atoms with Gasteiger partial charge in [0.05, 0.1) is 0 Å². The smallest absolute Gasteiger partial charge is 0.346 e. The number of rotatable bonds is 3. The lowest BCUT2D eigenvalue weighted by molar-refractivity contribution is -0.170. The van der Waals surface area contributed by atoms with Crippen LogP contribution >= 0.6 is 0 Å². The van der Waals surface area contributed by atoms with E-state index in [-0.39, 0.29) is 5.92 Å². The van der Waals surface area contributed by atoms with Gasteiger partial charge < -0.3 is 10.6 Å². The number of halogens is 4. The Morgan fingerprint density at radius 2 is 2.07 bits per heavy atom. The van der Waals surface area contributed by atoms with Crippen molar-refractivity contribution in [3.63, 3.8) is 0 Å². The lowest BCUT2D eigenvalue weighted by atomic mass is 10.1. The van der Waals surface area contributed by atoms with Crippen molar-refractivity contribution >= 4 is 5.91 Å². The van der Waals surface area contributed by atoms with E-state index in [1.165, 1.54) is 0 Å². The van der Waals surface area contributed by atoms with Gasteiger partial charge in [-0.3, -0.25) is 4.79 Å². The Kier molecular flexibility index (Phi) is 3.54. The van der Waals surface area contributed by atoms with Gasteiger partial charge in [0, 0.05) is 12.6 Å². The van der Waals surface area contributed by atoms with Gasteiger partial charge in [-0.05, 0) is 12.5 Å². The van der Waals surface area contributed by atoms with E-state index in [4.69, 9.17) is 0 Å². The Morgan fingerprint density at radius 1 is 1.47 bits per heavy atom. The van der Waals surface area contributed by atoms with Crippen LogP contribution in [0.25, 0.3) is 0 Å². The number of carbonyl (C=O) groups is 1. The molecule has 1 saturated heterocycles. The Balaban J connectivity index is 2.55. The molecule has 0 spiro atoms. The molecule has 0 aliphatic carbocycles. The molecule has 0 radical (unpaired) electrons. The fourth-order valence-electron chi connectivity index (χ4n) is 1.37. The van der Waals surface area contributed by atoms with E-state index < -0.39 is 24.3 Å². The topological polar surface area (TPSA) is 41.1 Å². The SMILES string of the molecule is CC1CNCC1NC(=O)C(F)(F)C(F)F. The summed E-state index contributed by atoms with van der Waals surface area (Å²) in [5.74, 6) is -6.55. The Bertz CT molecular complexity index is 247. The van der Waals surface area contributed by atoms with Crippen LogP contribution < -0.4 is 10.6 Å². The van der Waals surface area contributed by atoms with Gasteiger partial charge in [0.25, 0.3) is 5.91 Å². The lowest BCUT2D eigenvalue weighted by Gasteiger charge is -2.20. The highest BCUT2D eigenvalue weighted by Crippen LogP contribution is 2.23. The standard InChI is InChI=1S/C8H12F4N2O/c1-4-2-13-3-5(4)14-7(15)8(11,12)6(9)10/h4-6,13H,2-3H2,1H3,(H,14,15). The van der Waals surface area contributed by atoms with Crippen LogP contribution in [0.15, 0.2) is 0 Å². The number of hydrogen-bond donors (Lipinski definition) is 2. The molecular formula is C8H12F4N2O. The van der Waals surface area contributed by atoms with Crippen LogP contribution in [-0.4, -0.2) is 37.4 Å². The van der Waals surface area contributed by atoms with Crippen molar-refractivity contribution in [1.29, 1.82) is 0 Å². The summed E-state index contributed by atoms with van der Waals surface area (Å²) in [6.45, 7) is 2.64. The minimum atomic E-state index is -4.61. The highest BCUT2D eigenvalue weighted by molar-refractivity contribution is 5.84. The largest absolute Gasteiger partial charge is 0.383 e. The molecule has 7 heteroatoms. The van der Waals surface area contributed by atoms with Crippen LogP contribution in [0.4, 0.5) is 17.6 Å². The summed E-state index contributed by atoms with van der Waals surface area (Å²) in [5, 5.41) is 4.78. The zero-order chi connectivity index (χ0) is 11.6.